The molecule has 5 rings (SSSR count). The Morgan fingerprint density at radius 1 is 0.733 bits per heavy atom. The van der Waals surface area contributed by atoms with Crippen molar-refractivity contribution in [3.63, 3.8) is 0 Å². The molecule has 0 aliphatic heterocycles. The van der Waals surface area contributed by atoms with Gasteiger partial charge in [-0.2, -0.15) is 0 Å². The van der Waals surface area contributed by atoms with Gasteiger partial charge < -0.3 is 19.5 Å². The number of hydrogen-bond donors (Lipinski definition) is 1. The highest BCUT2D eigenvalue weighted by atomic mass is 16.5. The lowest BCUT2D eigenvalue weighted by atomic mass is 9.85. The van der Waals surface area contributed by atoms with Crippen LogP contribution in [0.15, 0.2) is 91.0 Å². The maximum atomic E-state index is 13.2. The number of benzene rings is 4. The number of hydrogen-bond acceptors (Lipinski definition) is 4. The summed E-state index contributed by atoms with van der Waals surface area (Å²) in [5, 5.41) is 3.24. The number of amides is 1. The molecule has 1 amide bonds. The minimum Gasteiger partial charge on any atom is -0.497 e. The Labute approximate surface area is 268 Å². The van der Waals surface area contributed by atoms with E-state index in [2.05, 4.69) is 67.7 Å². The predicted molar refractivity (Wildman–Crippen MR) is 182 cm³/mol. The summed E-state index contributed by atoms with van der Waals surface area (Å²) in [6, 6.07) is 30.9. The summed E-state index contributed by atoms with van der Waals surface area (Å²) >= 11 is 0. The van der Waals surface area contributed by atoms with E-state index >= 15 is 0 Å². The van der Waals surface area contributed by atoms with E-state index < -0.39 is 0 Å². The van der Waals surface area contributed by atoms with Crippen LogP contribution in [0, 0.1) is 6.92 Å². The number of ether oxygens (including phenoxy) is 3. The van der Waals surface area contributed by atoms with E-state index in [9.17, 15) is 4.79 Å². The van der Waals surface area contributed by atoms with Gasteiger partial charge in [0.15, 0.2) is 6.61 Å². The zero-order chi connectivity index (χ0) is 31.6. The van der Waals surface area contributed by atoms with Crippen molar-refractivity contribution in [3.05, 3.63) is 124 Å². The highest BCUT2D eigenvalue weighted by Gasteiger charge is 2.20. The van der Waals surface area contributed by atoms with Gasteiger partial charge in [0.05, 0.1) is 20.3 Å². The molecule has 0 spiro atoms. The molecule has 0 bridgehead atoms. The monoisotopic (exact) mass is 605 g/mol. The molecule has 2 unspecified atom stereocenters. The summed E-state index contributed by atoms with van der Waals surface area (Å²) in [6.45, 7) is 4.15. The molecule has 2 atom stereocenters. The van der Waals surface area contributed by atoms with Crippen LogP contribution < -0.4 is 19.5 Å². The van der Waals surface area contributed by atoms with Crippen LogP contribution >= 0.6 is 0 Å². The van der Waals surface area contributed by atoms with Gasteiger partial charge in [-0.3, -0.25) is 4.79 Å². The van der Waals surface area contributed by atoms with Crippen LogP contribution in [0.5, 0.6) is 17.2 Å². The average molecular weight is 606 g/mol. The van der Waals surface area contributed by atoms with Crippen LogP contribution in [0.3, 0.4) is 0 Å². The Kier molecular flexibility index (Phi) is 11.2. The number of rotatable bonds is 11. The number of carbonyl (C=O) groups is 1. The van der Waals surface area contributed by atoms with Crippen LogP contribution in [0.25, 0.3) is 0 Å². The van der Waals surface area contributed by atoms with Gasteiger partial charge in [-0.15, -0.1) is 0 Å². The van der Waals surface area contributed by atoms with E-state index in [1.165, 1.54) is 56.1 Å². The first-order valence-electron chi connectivity index (χ1n) is 16.4. The van der Waals surface area contributed by atoms with E-state index in [1.807, 2.05) is 42.5 Å². The summed E-state index contributed by atoms with van der Waals surface area (Å²) in [5.74, 6) is 2.78. The Hall–Kier alpha value is -4.25. The van der Waals surface area contributed by atoms with Crippen molar-refractivity contribution < 1.29 is 19.0 Å². The molecule has 1 saturated carbocycles. The number of aryl methyl sites for hydroxylation is 1. The van der Waals surface area contributed by atoms with Crippen LogP contribution in [0.2, 0.25) is 0 Å². The van der Waals surface area contributed by atoms with Crippen molar-refractivity contribution in [1.82, 2.24) is 5.32 Å². The Bertz CT molecular complexity index is 1500. The van der Waals surface area contributed by atoms with Gasteiger partial charge in [-0.05, 0) is 66.1 Å². The molecule has 1 aliphatic carbocycles. The summed E-state index contributed by atoms with van der Waals surface area (Å²) in [4.78, 5) is 13.2. The molecule has 1 fully saturated rings. The Morgan fingerprint density at radius 3 is 1.93 bits per heavy atom. The maximum absolute atomic E-state index is 13.2. The molecular formula is C40H47NO4. The second kappa shape index (κ2) is 15.7. The van der Waals surface area contributed by atoms with Crippen molar-refractivity contribution in [2.75, 3.05) is 20.8 Å². The first-order valence-corrected chi connectivity index (χ1v) is 16.4. The van der Waals surface area contributed by atoms with Crippen molar-refractivity contribution in [1.29, 1.82) is 0 Å². The lowest BCUT2D eigenvalue weighted by Gasteiger charge is -2.23. The first kappa shape index (κ1) is 32.2. The van der Waals surface area contributed by atoms with Crippen LogP contribution in [0.1, 0.15) is 103 Å². The van der Waals surface area contributed by atoms with Crippen LogP contribution in [-0.2, 0) is 4.79 Å². The van der Waals surface area contributed by atoms with Gasteiger partial charge in [0.25, 0.3) is 5.91 Å². The third kappa shape index (κ3) is 8.48. The van der Waals surface area contributed by atoms with Gasteiger partial charge in [0, 0.05) is 17.5 Å². The standard InChI is InChI=1S/C40H47NO4/c1-28-12-14-33(15-13-28)40(34-18-16-32(17-19-34)31-10-8-6-5-7-9-11-31)41-39(42)27-45-35-22-20-30(21-23-35)29(2)37-25-24-36(43-3)26-38(37)44-4/h12-26,29,31,40H,5-11,27H2,1-4H3,(H,41,42). The number of carbonyl (C=O) groups excluding carboxylic acids is 1. The van der Waals surface area contributed by atoms with Gasteiger partial charge in [0.1, 0.15) is 17.2 Å². The van der Waals surface area contributed by atoms with Gasteiger partial charge >= 0.3 is 0 Å². The van der Waals surface area contributed by atoms with Crippen molar-refractivity contribution >= 4 is 5.91 Å². The molecule has 0 heterocycles. The van der Waals surface area contributed by atoms with E-state index in [0.29, 0.717) is 11.7 Å². The molecule has 1 N–H and O–H groups in total. The average Bonchev–Trinajstić information content (AvgIpc) is 3.06. The zero-order valence-electron chi connectivity index (χ0n) is 27.2. The number of nitrogens with one attached hydrogen (secondary N) is 1. The lowest BCUT2D eigenvalue weighted by molar-refractivity contribution is -0.123. The smallest absolute Gasteiger partial charge is 0.258 e. The molecule has 236 valence electrons. The highest BCUT2D eigenvalue weighted by Crippen LogP contribution is 2.35. The van der Waals surface area contributed by atoms with Crippen molar-refractivity contribution in [2.45, 2.75) is 76.7 Å². The van der Waals surface area contributed by atoms with Gasteiger partial charge in [0.2, 0.25) is 0 Å². The molecule has 1 aliphatic rings. The summed E-state index contributed by atoms with van der Waals surface area (Å²) in [6.07, 6.45) is 9.23. The van der Waals surface area contributed by atoms with Gasteiger partial charge in [-0.1, -0.05) is 111 Å². The van der Waals surface area contributed by atoms with E-state index in [1.54, 1.807) is 14.2 Å². The number of methoxy groups -OCH3 is 2. The third-order valence-corrected chi connectivity index (χ3v) is 9.22. The van der Waals surface area contributed by atoms with E-state index in [4.69, 9.17) is 14.2 Å². The molecule has 45 heavy (non-hydrogen) atoms. The first-order chi connectivity index (χ1) is 21.9. The highest BCUT2D eigenvalue weighted by molar-refractivity contribution is 5.78. The topological polar surface area (TPSA) is 56.8 Å². The molecule has 5 nitrogen and oxygen atoms in total. The second-order valence-corrected chi connectivity index (χ2v) is 12.3. The van der Waals surface area contributed by atoms with Gasteiger partial charge in [-0.25, -0.2) is 0 Å². The molecule has 0 aromatic heterocycles. The molecule has 0 saturated heterocycles. The molecular weight excluding hydrogens is 558 g/mol. The van der Waals surface area contributed by atoms with Crippen molar-refractivity contribution in [3.8, 4) is 17.2 Å². The van der Waals surface area contributed by atoms with E-state index in [-0.39, 0.29) is 24.5 Å². The quantitative estimate of drug-likeness (QED) is 0.185. The Balaban J connectivity index is 1.24. The largest absolute Gasteiger partial charge is 0.497 e. The van der Waals surface area contributed by atoms with Crippen LogP contribution in [-0.4, -0.2) is 26.7 Å². The normalized spacial score (nSPS) is 15.3. The minimum absolute atomic E-state index is 0.0658. The molecule has 0 radical (unpaired) electrons. The minimum atomic E-state index is -0.254. The Morgan fingerprint density at radius 2 is 1.31 bits per heavy atom. The zero-order valence-corrected chi connectivity index (χ0v) is 27.2. The summed E-state index contributed by atoms with van der Waals surface area (Å²) in [7, 11) is 3.32. The van der Waals surface area contributed by atoms with Crippen molar-refractivity contribution in [2.24, 2.45) is 0 Å². The van der Waals surface area contributed by atoms with E-state index in [0.717, 1.165) is 33.8 Å². The maximum Gasteiger partial charge on any atom is 0.258 e. The lowest BCUT2D eigenvalue weighted by Crippen LogP contribution is -2.33. The molecule has 4 aromatic carbocycles. The fraction of sp³-hybridized carbons (Fsp3) is 0.375. The fourth-order valence-corrected chi connectivity index (χ4v) is 6.43. The molecule has 5 heteroatoms. The predicted octanol–water partition coefficient (Wildman–Crippen LogP) is 9.28. The third-order valence-electron chi connectivity index (χ3n) is 9.22. The second-order valence-electron chi connectivity index (χ2n) is 12.3. The fourth-order valence-electron chi connectivity index (χ4n) is 6.43. The van der Waals surface area contributed by atoms with Crippen LogP contribution in [0.4, 0.5) is 0 Å². The summed E-state index contributed by atoms with van der Waals surface area (Å²) < 4.78 is 16.9. The SMILES string of the molecule is COc1ccc(C(C)c2ccc(OCC(=O)NC(c3ccc(C)cc3)c3ccc(C4CCCCCCC4)cc3)cc2)c(OC)c1. The summed E-state index contributed by atoms with van der Waals surface area (Å²) in [5.41, 5.74) is 6.94. The molecule has 4 aromatic rings.